The molecule has 1 aromatic carbocycles. The fourth-order valence-corrected chi connectivity index (χ4v) is 1.55. The highest BCUT2D eigenvalue weighted by atomic mass is 35.5. The Morgan fingerprint density at radius 2 is 2.21 bits per heavy atom. The lowest BCUT2D eigenvalue weighted by molar-refractivity contribution is 0.921. The van der Waals surface area contributed by atoms with Crippen molar-refractivity contribution in [1.82, 2.24) is 0 Å². The Kier molecular flexibility index (Phi) is 5.39. The average molecular weight is 209 g/mol. The summed E-state index contributed by atoms with van der Waals surface area (Å²) in [5.74, 6) is 0.700. The first-order valence-electron chi connectivity index (χ1n) is 5.18. The maximum atomic E-state index is 5.60. The Labute approximate surface area is 91.6 Å². The van der Waals surface area contributed by atoms with Crippen LogP contribution in [0.3, 0.4) is 0 Å². The number of halogens is 1. The number of rotatable bonds is 5. The molecule has 76 valence electrons. The van der Waals surface area contributed by atoms with Gasteiger partial charge in [0, 0.05) is 5.88 Å². The summed E-state index contributed by atoms with van der Waals surface area (Å²) >= 11 is 5.60. The van der Waals surface area contributed by atoms with Gasteiger partial charge in [0.15, 0.2) is 0 Å². The van der Waals surface area contributed by atoms with Crippen LogP contribution >= 0.6 is 11.6 Å². The third-order valence-electron chi connectivity index (χ3n) is 2.08. The Morgan fingerprint density at radius 1 is 1.36 bits per heavy atom. The molecule has 0 unspecified atom stereocenters. The first-order valence-corrected chi connectivity index (χ1v) is 5.71. The van der Waals surface area contributed by atoms with Crippen molar-refractivity contribution >= 4 is 17.7 Å². The van der Waals surface area contributed by atoms with E-state index >= 15 is 0 Å². The van der Waals surface area contributed by atoms with Gasteiger partial charge < -0.3 is 0 Å². The maximum absolute atomic E-state index is 5.60. The standard InChI is InChI=1S/C13H17Cl/c1-2-6-12-8-5-9-13(11-12)7-3-4-10-14/h3,5,7-9,11H,2,4,6,10H2,1H3/b7-3+. The van der Waals surface area contributed by atoms with Crippen molar-refractivity contribution in [3.63, 3.8) is 0 Å². The number of allylic oxidation sites excluding steroid dienone is 1. The van der Waals surface area contributed by atoms with Crippen LogP contribution in [0.25, 0.3) is 6.08 Å². The lowest BCUT2D eigenvalue weighted by atomic mass is 10.1. The number of aryl methyl sites for hydroxylation is 1. The van der Waals surface area contributed by atoms with Crippen molar-refractivity contribution in [2.45, 2.75) is 26.2 Å². The van der Waals surface area contributed by atoms with Crippen LogP contribution in [0, 0.1) is 0 Å². The number of hydrogen-bond acceptors (Lipinski definition) is 0. The molecule has 0 saturated carbocycles. The largest absolute Gasteiger partial charge is 0.126 e. The van der Waals surface area contributed by atoms with Gasteiger partial charge in [-0.05, 0) is 24.0 Å². The minimum absolute atomic E-state index is 0.700. The van der Waals surface area contributed by atoms with Crippen molar-refractivity contribution in [3.05, 3.63) is 41.5 Å². The summed E-state index contributed by atoms with van der Waals surface area (Å²) in [5.41, 5.74) is 2.70. The van der Waals surface area contributed by atoms with Crippen molar-refractivity contribution in [3.8, 4) is 0 Å². The monoisotopic (exact) mass is 208 g/mol. The summed E-state index contributed by atoms with van der Waals surface area (Å²) in [7, 11) is 0. The highest BCUT2D eigenvalue weighted by Crippen LogP contribution is 2.09. The summed E-state index contributed by atoms with van der Waals surface area (Å²) in [4.78, 5) is 0. The topological polar surface area (TPSA) is 0 Å². The van der Waals surface area contributed by atoms with Crippen molar-refractivity contribution in [2.24, 2.45) is 0 Å². The van der Waals surface area contributed by atoms with Crippen molar-refractivity contribution < 1.29 is 0 Å². The Hall–Kier alpha value is -0.750. The summed E-state index contributed by atoms with van der Waals surface area (Å²) in [5, 5.41) is 0. The predicted molar refractivity (Wildman–Crippen MR) is 64.8 cm³/mol. The molecule has 1 heteroatoms. The van der Waals surface area contributed by atoms with Crippen LogP contribution in [-0.4, -0.2) is 5.88 Å². The van der Waals surface area contributed by atoms with E-state index in [1.54, 1.807) is 0 Å². The minimum Gasteiger partial charge on any atom is -0.126 e. The molecular formula is C13H17Cl. The quantitative estimate of drug-likeness (QED) is 0.634. The number of alkyl halides is 1. The van der Waals surface area contributed by atoms with E-state index in [9.17, 15) is 0 Å². The molecule has 0 amide bonds. The summed E-state index contributed by atoms with van der Waals surface area (Å²) < 4.78 is 0. The molecule has 1 rings (SSSR count). The maximum Gasteiger partial charge on any atom is 0.0258 e. The summed E-state index contributed by atoms with van der Waals surface area (Å²) in [6.07, 6.45) is 7.57. The van der Waals surface area contributed by atoms with E-state index in [4.69, 9.17) is 11.6 Å². The summed E-state index contributed by atoms with van der Waals surface area (Å²) in [6, 6.07) is 8.67. The lowest BCUT2D eigenvalue weighted by Gasteiger charge is -1.99. The van der Waals surface area contributed by atoms with Crippen LogP contribution in [0.1, 0.15) is 30.9 Å². The molecule has 0 aliphatic heterocycles. The molecule has 0 bridgehead atoms. The smallest absolute Gasteiger partial charge is 0.0258 e. The highest BCUT2D eigenvalue weighted by Gasteiger charge is 1.91. The molecule has 0 saturated heterocycles. The molecule has 0 fully saturated rings. The van der Waals surface area contributed by atoms with Gasteiger partial charge in [-0.25, -0.2) is 0 Å². The molecule has 0 nitrogen and oxygen atoms in total. The first-order chi connectivity index (χ1) is 6.86. The van der Waals surface area contributed by atoms with Gasteiger partial charge in [0.25, 0.3) is 0 Å². The number of benzene rings is 1. The van der Waals surface area contributed by atoms with Crippen molar-refractivity contribution in [1.29, 1.82) is 0 Å². The zero-order chi connectivity index (χ0) is 10.2. The molecule has 0 heterocycles. The summed E-state index contributed by atoms with van der Waals surface area (Å²) in [6.45, 7) is 2.20. The van der Waals surface area contributed by atoms with Crippen LogP contribution in [-0.2, 0) is 6.42 Å². The van der Waals surface area contributed by atoms with E-state index < -0.39 is 0 Å². The third kappa shape index (κ3) is 3.97. The van der Waals surface area contributed by atoms with E-state index in [0.717, 1.165) is 12.8 Å². The molecule has 1 aromatic rings. The molecule has 0 aromatic heterocycles. The second-order valence-electron chi connectivity index (χ2n) is 3.38. The Morgan fingerprint density at radius 3 is 2.93 bits per heavy atom. The van der Waals surface area contributed by atoms with Gasteiger partial charge in [-0.2, -0.15) is 0 Å². The lowest BCUT2D eigenvalue weighted by Crippen LogP contribution is -1.83. The van der Waals surface area contributed by atoms with Crippen LogP contribution in [0.15, 0.2) is 30.3 Å². The normalized spacial score (nSPS) is 11.0. The van der Waals surface area contributed by atoms with Gasteiger partial charge in [-0.1, -0.05) is 49.8 Å². The molecule has 0 aliphatic rings. The second-order valence-corrected chi connectivity index (χ2v) is 3.75. The van der Waals surface area contributed by atoms with Gasteiger partial charge in [-0.15, -0.1) is 11.6 Å². The molecule has 14 heavy (non-hydrogen) atoms. The van der Waals surface area contributed by atoms with Crippen LogP contribution in [0.2, 0.25) is 0 Å². The van der Waals surface area contributed by atoms with Gasteiger partial charge >= 0.3 is 0 Å². The zero-order valence-corrected chi connectivity index (χ0v) is 9.43. The van der Waals surface area contributed by atoms with Crippen LogP contribution in [0.5, 0.6) is 0 Å². The fraction of sp³-hybridized carbons (Fsp3) is 0.385. The highest BCUT2D eigenvalue weighted by molar-refractivity contribution is 6.17. The molecule has 0 radical (unpaired) electrons. The van der Waals surface area contributed by atoms with Crippen LogP contribution < -0.4 is 0 Å². The van der Waals surface area contributed by atoms with E-state index in [1.807, 2.05) is 0 Å². The van der Waals surface area contributed by atoms with E-state index in [-0.39, 0.29) is 0 Å². The molecule has 0 spiro atoms. The molecular weight excluding hydrogens is 192 g/mol. The van der Waals surface area contributed by atoms with Crippen LogP contribution in [0.4, 0.5) is 0 Å². The van der Waals surface area contributed by atoms with Gasteiger partial charge in [0.1, 0.15) is 0 Å². The predicted octanol–water partition coefficient (Wildman–Crippen LogP) is 4.28. The minimum atomic E-state index is 0.700. The zero-order valence-electron chi connectivity index (χ0n) is 8.67. The third-order valence-corrected chi connectivity index (χ3v) is 2.29. The second kappa shape index (κ2) is 6.67. The van der Waals surface area contributed by atoms with Crippen molar-refractivity contribution in [2.75, 3.05) is 5.88 Å². The first kappa shape index (κ1) is 11.3. The molecule has 0 atom stereocenters. The molecule has 0 N–H and O–H groups in total. The van der Waals surface area contributed by atoms with Gasteiger partial charge in [0.2, 0.25) is 0 Å². The Bertz CT molecular complexity index is 289. The average Bonchev–Trinajstić information content (AvgIpc) is 2.19. The SMILES string of the molecule is CCCc1cccc(/C=C/CCCl)c1. The Balaban J connectivity index is 2.63. The molecule has 0 aliphatic carbocycles. The van der Waals surface area contributed by atoms with E-state index in [1.165, 1.54) is 17.5 Å². The fourth-order valence-electron chi connectivity index (χ4n) is 1.42. The number of hydrogen-bond donors (Lipinski definition) is 0. The van der Waals surface area contributed by atoms with Gasteiger partial charge in [-0.3, -0.25) is 0 Å². The van der Waals surface area contributed by atoms with E-state index in [0.29, 0.717) is 5.88 Å². The van der Waals surface area contributed by atoms with E-state index in [2.05, 4.69) is 43.3 Å². The van der Waals surface area contributed by atoms with Gasteiger partial charge in [0.05, 0.1) is 0 Å².